The zero-order chi connectivity index (χ0) is 21.4. The molecule has 1 saturated heterocycles. The molecule has 0 bridgehead atoms. The first-order valence-corrected chi connectivity index (χ1v) is 12.6. The van der Waals surface area contributed by atoms with Crippen LogP contribution in [0.4, 0.5) is 0 Å². The number of halogens is 1. The Kier molecular flexibility index (Phi) is 6.00. The Morgan fingerprint density at radius 2 is 1.87 bits per heavy atom. The third-order valence-corrected chi connectivity index (χ3v) is 7.93. The maximum Gasteiger partial charge on any atom is 0.229 e. The normalized spacial score (nSPS) is 23.4. The highest BCUT2D eigenvalue weighted by Crippen LogP contribution is 2.34. The van der Waals surface area contributed by atoms with E-state index in [1.807, 2.05) is 4.52 Å². The molecule has 5 rings (SSSR count). The van der Waals surface area contributed by atoms with Crippen molar-refractivity contribution in [1.29, 1.82) is 0 Å². The van der Waals surface area contributed by atoms with Gasteiger partial charge in [-0.15, -0.1) is 0 Å². The summed E-state index contributed by atoms with van der Waals surface area (Å²) in [5.74, 6) is 1.44. The molecule has 3 aliphatic rings. The summed E-state index contributed by atoms with van der Waals surface area (Å²) in [5, 5.41) is 4.37. The third-order valence-electron chi connectivity index (χ3n) is 7.37. The van der Waals surface area contributed by atoms with Crippen molar-refractivity contribution in [2.75, 3.05) is 13.1 Å². The summed E-state index contributed by atoms with van der Waals surface area (Å²) in [5.41, 5.74) is 4.57. The van der Waals surface area contributed by atoms with Gasteiger partial charge in [-0.3, -0.25) is 4.79 Å². The second kappa shape index (κ2) is 8.89. The maximum atomic E-state index is 13.1. The maximum absolute atomic E-state index is 13.1. The molecule has 2 aromatic rings. The Hall–Kier alpha value is -1.95. The molecule has 0 spiro atoms. The molecule has 0 N–H and O–H groups in total. The molecular formula is C25H31BrN4O. The Bertz CT molecular complexity index is 1030. The number of fused-ring (bicyclic) bond motifs is 1. The van der Waals surface area contributed by atoms with Gasteiger partial charge in [0.05, 0.1) is 16.6 Å². The average molecular weight is 483 g/mol. The van der Waals surface area contributed by atoms with Crippen LogP contribution in [0.5, 0.6) is 0 Å². The van der Waals surface area contributed by atoms with Gasteiger partial charge in [-0.2, -0.15) is 5.10 Å². The molecular weight excluding hydrogens is 452 g/mol. The lowest BCUT2D eigenvalue weighted by atomic mass is 9.80. The van der Waals surface area contributed by atoms with Crippen LogP contribution in [-0.4, -0.2) is 38.5 Å². The van der Waals surface area contributed by atoms with Crippen molar-refractivity contribution in [3.05, 3.63) is 51.9 Å². The Balaban J connectivity index is 1.19. The van der Waals surface area contributed by atoms with Gasteiger partial charge in [0, 0.05) is 30.4 Å². The largest absolute Gasteiger partial charge is 0.342 e. The Morgan fingerprint density at radius 3 is 2.58 bits per heavy atom. The van der Waals surface area contributed by atoms with Gasteiger partial charge < -0.3 is 4.90 Å². The Morgan fingerprint density at radius 1 is 1.10 bits per heavy atom. The van der Waals surface area contributed by atoms with Crippen LogP contribution in [-0.2, 0) is 4.79 Å². The third kappa shape index (κ3) is 4.23. The fraction of sp³-hybridized carbons (Fsp3) is 0.560. The molecule has 5 nitrogen and oxygen atoms in total. The average Bonchev–Trinajstić information content (AvgIpc) is 3.20. The predicted molar refractivity (Wildman–Crippen MR) is 126 cm³/mol. The van der Waals surface area contributed by atoms with Crippen LogP contribution in [0, 0.1) is 18.8 Å². The zero-order valence-electron chi connectivity index (χ0n) is 18.3. The highest BCUT2D eigenvalue weighted by Gasteiger charge is 2.29. The molecule has 2 fully saturated rings. The van der Waals surface area contributed by atoms with Gasteiger partial charge in [0.1, 0.15) is 0 Å². The van der Waals surface area contributed by atoms with Crippen molar-refractivity contribution < 1.29 is 4.79 Å². The van der Waals surface area contributed by atoms with Crippen LogP contribution in [0.2, 0.25) is 0 Å². The van der Waals surface area contributed by atoms with Crippen molar-refractivity contribution in [3.8, 4) is 0 Å². The van der Waals surface area contributed by atoms with E-state index in [0.717, 1.165) is 59.8 Å². The van der Waals surface area contributed by atoms with Gasteiger partial charge in [0.2, 0.25) is 5.91 Å². The van der Waals surface area contributed by atoms with Crippen LogP contribution in [0.25, 0.3) is 5.65 Å². The summed E-state index contributed by atoms with van der Waals surface area (Å²) in [7, 11) is 0. The van der Waals surface area contributed by atoms with Gasteiger partial charge in [0.15, 0.2) is 5.65 Å². The lowest BCUT2D eigenvalue weighted by Gasteiger charge is -2.34. The van der Waals surface area contributed by atoms with Crippen LogP contribution in [0.3, 0.4) is 0 Å². The van der Waals surface area contributed by atoms with E-state index in [2.05, 4.69) is 57.1 Å². The lowest BCUT2D eigenvalue weighted by Crippen LogP contribution is -2.41. The first-order valence-electron chi connectivity index (χ1n) is 11.8. The van der Waals surface area contributed by atoms with E-state index in [4.69, 9.17) is 4.98 Å². The Labute approximate surface area is 192 Å². The fourth-order valence-corrected chi connectivity index (χ4v) is 5.86. The first kappa shape index (κ1) is 20.9. The molecule has 1 atom stereocenters. The molecule has 2 aliphatic carbocycles. The second-order valence-electron chi connectivity index (χ2n) is 9.39. The van der Waals surface area contributed by atoms with Crippen molar-refractivity contribution in [2.24, 2.45) is 11.8 Å². The van der Waals surface area contributed by atoms with Crippen LogP contribution >= 0.6 is 15.9 Å². The smallest absolute Gasteiger partial charge is 0.229 e. The summed E-state index contributed by atoms with van der Waals surface area (Å²) in [4.78, 5) is 20.1. The number of rotatable bonds is 3. The second-order valence-corrected chi connectivity index (χ2v) is 10.2. The van der Waals surface area contributed by atoms with E-state index in [1.165, 1.54) is 37.7 Å². The molecule has 1 saturated carbocycles. The van der Waals surface area contributed by atoms with E-state index in [1.54, 1.807) is 6.20 Å². The molecule has 6 heteroatoms. The minimum absolute atomic E-state index is 0.0170. The van der Waals surface area contributed by atoms with E-state index in [0.29, 0.717) is 11.8 Å². The number of piperidine rings is 1. The molecule has 164 valence electrons. The van der Waals surface area contributed by atoms with E-state index in [9.17, 15) is 4.79 Å². The number of amides is 1. The number of nitrogens with zero attached hydrogens (tertiary/aromatic N) is 4. The van der Waals surface area contributed by atoms with Crippen molar-refractivity contribution >= 4 is 27.5 Å². The SMILES string of the molecule is Cc1cc(C2CCN(C(=O)C3C=CC(C4CCCCC4)=CC3)CC2)nc2c(Br)cnn12. The van der Waals surface area contributed by atoms with E-state index >= 15 is 0 Å². The molecule has 1 aliphatic heterocycles. The number of allylic oxidation sites excluding steroid dienone is 3. The summed E-state index contributed by atoms with van der Waals surface area (Å²) in [6.45, 7) is 3.71. The fourth-order valence-electron chi connectivity index (χ4n) is 5.51. The van der Waals surface area contributed by atoms with Gasteiger partial charge in [-0.1, -0.05) is 37.5 Å². The van der Waals surface area contributed by atoms with E-state index in [-0.39, 0.29) is 5.92 Å². The quantitative estimate of drug-likeness (QED) is 0.572. The molecule has 1 unspecified atom stereocenters. The highest BCUT2D eigenvalue weighted by atomic mass is 79.9. The van der Waals surface area contributed by atoms with E-state index < -0.39 is 0 Å². The van der Waals surface area contributed by atoms with Gasteiger partial charge in [0.25, 0.3) is 0 Å². The number of aryl methyl sites for hydroxylation is 1. The topological polar surface area (TPSA) is 50.5 Å². The summed E-state index contributed by atoms with van der Waals surface area (Å²) >= 11 is 3.55. The number of hydrogen-bond donors (Lipinski definition) is 0. The van der Waals surface area contributed by atoms with Gasteiger partial charge >= 0.3 is 0 Å². The number of likely N-dealkylation sites (tertiary alicyclic amines) is 1. The molecule has 0 radical (unpaired) electrons. The predicted octanol–water partition coefficient (Wildman–Crippen LogP) is 5.59. The van der Waals surface area contributed by atoms with Crippen LogP contribution in [0.1, 0.15) is 68.7 Å². The monoisotopic (exact) mass is 482 g/mol. The molecule has 0 aromatic carbocycles. The van der Waals surface area contributed by atoms with Crippen molar-refractivity contribution in [3.63, 3.8) is 0 Å². The standard InChI is InChI=1S/C25H31BrN4O/c1-17-15-23(28-24-22(26)16-27-30(17)24)20-11-13-29(14-12-20)25(31)21-9-7-19(8-10-21)18-5-3-2-4-6-18/h7-9,15-16,18,20-21H,2-6,10-14H2,1H3. The number of hydrogen-bond acceptors (Lipinski definition) is 3. The molecule has 1 amide bonds. The molecule has 3 heterocycles. The summed E-state index contributed by atoms with van der Waals surface area (Å²) in [6.07, 6.45) is 18.1. The lowest BCUT2D eigenvalue weighted by molar-refractivity contribution is -0.135. The molecule has 31 heavy (non-hydrogen) atoms. The van der Waals surface area contributed by atoms with Crippen LogP contribution < -0.4 is 0 Å². The van der Waals surface area contributed by atoms with Gasteiger partial charge in [-0.05, 0) is 72.5 Å². The van der Waals surface area contributed by atoms with Crippen molar-refractivity contribution in [2.45, 2.75) is 64.2 Å². The highest BCUT2D eigenvalue weighted by molar-refractivity contribution is 9.10. The summed E-state index contributed by atoms with van der Waals surface area (Å²) < 4.78 is 2.80. The zero-order valence-corrected chi connectivity index (χ0v) is 19.9. The number of carbonyl (C=O) groups is 1. The molecule has 2 aromatic heterocycles. The number of aromatic nitrogens is 3. The summed E-state index contributed by atoms with van der Waals surface area (Å²) in [6, 6.07) is 2.15. The first-order chi connectivity index (χ1) is 15.1. The van der Waals surface area contributed by atoms with Crippen molar-refractivity contribution in [1.82, 2.24) is 19.5 Å². The van der Waals surface area contributed by atoms with Crippen LogP contribution in [0.15, 0.2) is 40.5 Å². The minimum atomic E-state index is 0.0170. The minimum Gasteiger partial charge on any atom is -0.342 e. The van der Waals surface area contributed by atoms with Gasteiger partial charge in [-0.25, -0.2) is 9.50 Å². The number of carbonyl (C=O) groups excluding carboxylic acids is 1.